The van der Waals surface area contributed by atoms with Crippen LogP contribution < -0.4 is 10.5 Å². The lowest BCUT2D eigenvalue weighted by atomic mass is 10.2. The normalized spacial score (nSPS) is 11.7. The zero-order valence-corrected chi connectivity index (χ0v) is 11.1. The summed E-state index contributed by atoms with van der Waals surface area (Å²) < 4.78 is 23.0. The highest BCUT2D eigenvalue weighted by Gasteiger charge is 2.16. The molecule has 0 saturated carbocycles. The van der Waals surface area contributed by atoms with Crippen molar-refractivity contribution in [3.8, 4) is 5.75 Å². The first-order chi connectivity index (χ1) is 8.45. The Bertz CT molecular complexity index is 466. The molecular formula is C11H11BrFNO4. The van der Waals surface area contributed by atoms with E-state index in [0.717, 1.165) is 6.07 Å². The Hall–Kier alpha value is -1.63. The topological polar surface area (TPSA) is 78.6 Å². The summed E-state index contributed by atoms with van der Waals surface area (Å²) >= 11 is 3.05. The minimum absolute atomic E-state index is 0.0258. The molecule has 1 rings (SSSR count). The van der Waals surface area contributed by atoms with Gasteiger partial charge < -0.3 is 15.2 Å². The van der Waals surface area contributed by atoms with Gasteiger partial charge in [0.1, 0.15) is 23.0 Å². The summed E-state index contributed by atoms with van der Waals surface area (Å²) in [7, 11) is 1.25. The molecule has 0 bridgehead atoms. The molecule has 5 nitrogen and oxygen atoms in total. The van der Waals surface area contributed by atoms with Crippen LogP contribution in [0.15, 0.2) is 18.2 Å². The SMILES string of the molecule is COC(=O)C(Br)COc1ccc(C(N)=O)c(F)c1. The summed E-state index contributed by atoms with van der Waals surface area (Å²) in [6.45, 7) is -0.0258. The first-order valence-corrected chi connectivity index (χ1v) is 5.81. The number of alkyl halides is 1. The van der Waals surface area contributed by atoms with Gasteiger partial charge in [0.05, 0.1) is 12.7 Å². The van der Waals surface area contributed by atoms with Gasteiger partial charge in [-0.3, -0.25) is 9.59 Å². The van der Waals surface area contributed by atoms with Crippen molar-refractivity contribution in [2.24, 2.45) is 5.73 Å². The van der Waals surface area contributed by atoms with Crippen molar-refractivity contribution in [2.75, 3.05) is 13.7 Å². The molecule has 1 atom stereocenters. The van der Waals surface area contributed by atoms with Crippen molar-refractivity contribution < 1.29 is 23.5 Å². The Morgan fingerprint density at radius 3 is 2.67 bits per heavy atom. The fourth-order valence-corrected chi connectivity index (χ4v) is 1.47. The van der Waals surface area contributed by atoms with Gasteiger partial charge in [-0.1, -0.05) is 15.9 Å². The van der Waals surface area contributed by atoms with Gasteiger partial charge in [-0.05, 0) is 12.1 Å². The van der Waals surface area contributed by atoms with Gasteiger partial charge in [0.15, 0.2) is 0 Å². The van der Waals surface area contributed by atoms with Crippen LogP contribution in [0.3, 0.4) is 0 Å². The van der Waals surface area contributed by atoms with E-state index < -0.39 is 22.5 Å². The van der Waals surface area contributed by atoms with Crippen molar-refractivity contribution >= 4 is 27.8 Å². The van der Waals surface area contributed by atoms with E-state index in [2.05, 4.69) is 20.7 Å². The number of rotatable bonds is 5. The van der Waals surface area contributed by atoms with Crippen molar-refractivity contribution in [2.45, 2.75) is 4.83 Å². The number of hydrogen-bond donors (Lipinski definition) is 1. The number of ether oxygens (including phenoxy) is 2. The molecule has 1 amide bonds. The molecule has 1 aromatic carbocycles. The molecule has 0 spiro atoms. The fourth-order valence-electron chi connectivity index (χ4n) is 1.15. The summed E-state index contributed by atoms with van der Waals surface area (Å²) in [4.78, 5) is 21.2. The zero-order chi connectivity index (χ0) is 13.7. The molecule has 0 aliphatic heterocycles. The summed E-state index contributed by atoms with van der Waals surface area (Å²) in [5.41, 5.74) is 4.74. The van der Waals surface area contributed by atoms with Crippen LogP contribution in [0.5, 0.6) is 5.75 Å². The number of nitrogens with two attached hydrogens (primary N) is 1. The second kappa shape index (κ2) is 6.34. The maximum absolute atomic E-state index is 13.4. The minimum atomic E-state index is -0.855. The van der Waals surface area contributed by atoms with Gasteiger partial charge in [0.2, 0.25) is 0 Å². The predicted octanol–water partition coefficient (Wildman–Crippen LogP) is 1.24. The number of hydrogen-bond acceptors (Lipinski definition) is 4. The van der Waals surface area contributed by atoms with Crippen molar-refractivity contribution in [3.05, 3.63) is 29.6 Å². The lowest BCUT2D eigenvalue weighted by Crippen LogP contribution is -2.23. The van der Waals surface area contributed by atoms with Crippen LogP contribution in [0, 0.1) is 5.82 Å². The van der Waals surface area contributed by atoms with Crippen LogP contribution in [0.4, 0.5) is 4.39 Å². The maximum Gasteiger partial charge on any atom is 0.322 e. The minimum Gasteiger partial charge on any atom is -0.492 e. The van der Waals surface area contributed by atoms with E-state index in [-0.39, 0.29) is 17.9 Å². The van der Waals surface area contributed by atoms with Crippen molar-refractivity contribution in [3.63, 3.8) is 0 Å². The third kappa shape index (κ3) is 3.69. The molecule has 0 fully saturated rings. The summed E-state index contributed by atoms with van der Waals surface area (Å²) in [6, 6.07) is 3.63. The highest BCUT2D eigenvalue weighted by atomic mass is 79.9. The van der Waals surface area contributed by atoms with Gasteiger partial charge in [-0.15, -0.1) is 0 Å². The molecule has 0 heterocycles. The van der Waals surface area contributed by atoms with E-state index in [1.807, 2.05) is 0 Å². The molecule has 2 N–H and O–H groups in total. The average Bonchev–Trinajstić information content (AvgIpc) is 2.34. The maximum atomic E-state index is 13.4. The number of carbonyl (C=O) groups excluding carboxylic acids is 2. The van der Waals surface area contributed by atoms with E-state index in [1.54, 1.807) is 0 Å². The average molecular weight is 320 g/mol. The third-order valence-corrected chi connectivity index (χ3v) is 2.70. The Balaban J connectivity index is 2.67. The highest BCUT2D eigenvalue weighted by molar-refractivity contribution is 9.10. The number of carbonyl (C=O) groups is 2. The second-order valence-corrected chi connectivity index (χ2v) is 4.41. The quantitative estimate of drug-likeness (QED) is 0.654. The van der Waals surface area contributed by atoms with Crippen LogP contribution in [0.1, 0.15) is 10.4 Å². The fraction of sp³-hybridized carbons (Fsp3) is 0.273. The monoisotopic (exact) mass is 319 g/mol. The predicted molar refractivity (Wildman–Crippen MR) is 65.1 cm³/mol. The number of primary amides is 1. The van der Waals surface area contributed by atoms with Gasteiger partial charge in [0.25, 0.3) is 5.91 Å². The molecule has 0 aliphatic rings. The zero-order valence-electron chi connectivity index (χ0n) is 9.48. The number of amides is 1. The Morgan fingerprint density at radius 1 is 1.50 bits per heavy atom. The molecular weight excluding hydrogens is 309 g/mol. The van der Waals surface area contributed by atoms with E-state index in [1.165, 1.54) is 19.2 Å². The molecule has 98 valence electrons. The van der Waals surface area contributed by atoms with Crippen LogP contribution in [-0.2, 0) is 9.53 Å². The smallest absolute Gasteiger partial charge is 0.322 e. The lowest BCUT2D eigenvalue weighted by Gasteiger charge is -2.10. The van der Waals surface area contributed by atoms with E-state index >= 15 is 0 Å². The Morgan fingerprint density at radius 2 is 2.17 bits per heavy atom. The number of benzene rings is 1. The molecule has 0 aromatic heterocycles. The van der Waals surface area contributed by atoms with Crippen molar-refractivity contribution in [1.82, 2.24) is 0 Å². The Labute approximate surface area is 111 Å². The molecule has 0 aliphatic carbocycles. The number of halogens is 2. The largest absolute Gasteiger partial charge is 0.492 e. The third-order valence-electron chi connectivity index (χ3n) is 2.06. The van der Waals surface area contributed by atoms with Crippen LogP contribution in [-0.4, -0.2) is 30.4 Å². The van der Waals surface area contributed by atoms with Gasteiger partial charge >= 0.3 is 5.97 Å². The molecule has 0 saturated heterocycles. The summed E-state index contributed by atoms with van der Waals surface area (Å²) in [5.74, 6) is -1.94. The van der Waals surface area contributed by atoms with Gasteiger partial charge in [-0.25, -0.2) is 4.39 Å². The van der Waals surface area contributed by atoms with Gasteiger partial charge in [-0.2, -0.15) is 0 Å². The lowest BCUT2D eigenvalue weighted by molar-refractivity contribution is -0.140. The van der Waals surface area contributed by atoms with Crippen LogP contribution >= 0.6 is 15.9 Å². The molecule has 1 unspecified atom stereocenters. The second-order valence-electron chi connectivity index (χ2n) is 3.31. The highest BCUT2D eigenvalue weighted by Crippen LogP contribution is 2.17. The summed E-state index contributed by atoms with van der Waals surface area (Å²) in [6.07, 6.45) is 0. The standard InChI is InChI=1S/C11H11BrFNO4/c1-17-11(16)8(12)5-18-6-2-3-7(10(14)15)9(13)4-6/h2-4,8H,5H2,1H3,(H2,14,15). The van der Waals surface area contributed by atoms with Crippen LogP contribution in [0.25, 0.3) is 0 Å². The van der Waals surface area contributed by atoms with Gasteiger partial charge in [0, 0.05) is 6.07 Å². The van der Waals surface area contributed by atoms with E-state index in [9.17, 15) is 14.0 Å². The molecule has 18 heavy (non-hydrogen) atoms. The Kier molecular flexibility index (Phi) is 5.08. The van der Waals surface area contributed by atoms with Crippen molar-refractivity contribution in [1.29, 1.82) is 0 Å². The van der Waals surface area contributed by atoms with Crippen LogP contribution in [0.2, 0.25) is 0 Å². The molecule has 1 aromatic rings. The number of esters is 1. The first kappa shape index (κ1) is 14.4. The molecule has 7 heteroatoms. The summed E-state index contributed by atoms with van der Waals surface area (Å²) in [5, 5.41) is 0. The number of methoxy groups -OCH3 is 1. The van der Waals surface area contributed by atoms with E-state index in [0.29, 0.717) is 0 Å². The van der Waals surface area contributed by atoms with E-state index in [4.69, 9.17) is 10.5 Å². The first-order valence-electron chi connectivity index (χ1n) is 4.89. The molecule has 0 radical (unpaired) electrons.